The van der Waals surface area contributed by atoms with Gasteiger partial charge in [0.25, 0.3) is 0 Å². The number of ether oxygens (including phenoxy) is 1. The molecule has 2 rings (SSSR count). The molecule has 0 heterocycles. The fraction of sp³-hybridized carbons (Fsp3) is 0.448. The van der Waals surface area contributed by atoms with Gasteiger partial charge in [-0.1, -0.05) is 68.8 Å². The molecule has 0 saturated carbocycles. The molecular formula is C29H38N4O5. The van der Waals surface area contributed by atoms with Gasteiger partial charge in [0.05, 0.1) is 6.07 Å². The second-order valence-corrected chi connectivity index (χ2v) is 10.3. The van der Waals surface area contributed by atoms with Gasteiger partial charge in [-0.15, -0.1) is 0 Å². The fourth-order valence-corrected chi connectivity index (χ4v) is 3.90. The lowest BCUT2D eigenvalue weighted by Gasteiger charge is -2.35. The van der Waals surface area contributed by atoms with Crippen LogP contribution in [0.4, 0.5) is 4.79 Å². The molecule has 3 atom stereocenters. The van der Waals surface area contributed by atoms with Crippen LogP contribution in [-0.2, 0) is 20.9 Å². The summed E-state index contributed by atoms with van der Waals surface area (Å²) in [4.78, 5) is 41.3. The van der Waals surface area contributed by atoms with Crippen LogP contribution in [0.25, 0.3) is 0 Å². The third kappa shape index (κ3) is 8.23. The zero-order chi connectivity index (χ0) is 28.5. The highest BCUT2D eigenvalue weighted by Gasteiger charge is 2.39. The Hall–Kier alpha value is -4.06. The van der Waals surface area contributed by atoms with Crippen LogP contribution in [-0.4, -0.2) is 46.1 Å². The van der Waals surface area contributed by atoms with E-state index in [1.54, 1.807) is 52.8 Å². The van der Waals surface area contributed by atoms with Crippen LogP contribution < -0.4 is 10.6 Å². The summed E-state index contributed by atoms with van der Waals surface area (Å²) in [6, 6.07) is 13.7. The normalized spacial score (nSPS) is 13.4. The van der Waals surface area contributed by atoms with Crippen LogP contribution in [0.15, 0.2) is 48.5 Å². The molecule has 0 saturated heterocycles. The number of phenols is 1. The van der Waals surface area contributed by atoms with Gasteiger partial charge in [0.2, 0.25) is 11.8 Å². The number of benzene rings is 2. The Kier molecular flexibility index (Phi) is 10.7. The molecule has 0 radical (unpaired) electrons. The van der Waals surface area contributed by atoms with E-state index in [9.17, 15) is 24.8 Å². The molecule has 3 N–H and O–H groups in total. The van der Waals surface area contributed by atoms with Crippen molar-refractivity contribution >= 4 is 17.9 Å². The number of nitrogens with zero attached hydrogens (tertiary/aromatic N) is 2. The molecule has 0 aliphatic rings. The first-order valence-corrected chi connectivity index (χ1v) is 12.7. The highest BCUT2D eigenvalue weighted by Crippen LogP contribution is 2.32. The molecule has 3 amide bonds. The summed E-state index contributed by atoms with van der Waals surface area (Å²) in [5, 5.41) is 26.0. The summed E-state index contributed by atoms with van der Waals surface area (Å²) < 4.78 is 5.36. The van der Waals surface area contributed by atoms with Crippen molar-refractivity contribution in [1.29, 1.82) is 5.26 Å². The summed E-state index contributed by atoms with van der Waals surface area (Å²) in [6.45, 7) is 10.2. The largest absolute Gasteiger partial charge is 0.507 e. The standard InChI is InChI=1S/C29H38N4O5/c1-7-19(2)23(32-28(37)38-29(4,5)6)27(36)33(17-16-30)24(22-15-11-12-20(3)25(22)34)26(35)31-18-21-13-9-8-10-14-21/h8-15,19,23-24,34H,7,17-18H2,1-6H3,(H,31,35)(H,32,37). The van der Waals surface area contributed by atoms with E-state index in [0.29, 0.717) is 12.0 Å². The minimum atomic E-state index is -1.32. The van der Waals surface area contributed by atoms with E-state index in [1.165, 1.54) is 0 Å². The van der Waals surface area contributed by atoms with Crippen molar-refractivity contribution < 1.29 is 24.2 Å². The third-order valence-electron chi connectivity index (χ3n) is 6.11. The number of carbonyl (C=O) groups excluding carboxylic acids is 3. The zero-order valence-electron chi connectivity index (χ0n) is 22.9. The number of phenolic OH excluding ortho intramolecular Hbond substituents is 1. The maximum atomic E-state index is 14.0. The van der Waals surface area contributed by atoms with Gasteiger partial charge in [-0.25, -0.2) is 4.79 Å². The van der Waals surface area contributed by atoms with Gasteiger partial charge < -0.3 is 25.4 Å². The highest BCUT2D eigenvalue weighted by molar-refractivity contribution is 5.93. The number of nitriles is 1. The smallest absolute Gasteiger partial charge is 0.408 e. The first-order valence-electron chi connectivity index (χ1n) is 12.7. The van der Waals surface area contributed by atoms with Crippen LogP contribution in [0.1, 0.15) is 63.8 Å². The maximum absolute atomic E-state index is 14.0. The number of amides is 3. The lowest BCUT2D eigenvalue weighted by molar-refractivity contribution is -0.142. The fourth-order valence-electron chi connectivity index (χ4n) is 3.90. The molecule has 9 heteroatoms. The van der Waals surface area contributed by atoms with Crippen molar-refractivity contribution in [3.63, 3.8) is 0 Å². The van der Waals surface area contributed by atoms with Crippen molar-refractivity contribution in [2.75, 3.05) is 6.54 Å². The van der Waals surface area contributed by atoms with Crippen molar-refractivity contribution in [1.82, 2.24) is 15.5 Å². The molecule has 0 aliphatic heterocycles. The molecule has 0 spiro atoms. The van der Waals surface area contributed by atoms with E-state index < -0.39 is 42.1 Å². The summed E-state index contributed by atoms with van der Waals surface area (Å²) in [7, 11) is 0. The second-order valence-electron chi connectivity index (χ2n) is 10.3. The molecule has 38 heavy (non-hydrogen) atoms. The van der Waals surface area contributed by atoms with Gasteiger partial charge in [0.15, 0.2) is 0 Å². The Morgan fingerprint density at radius 2 is 1.76 bits per heavy atom. The summed E-state index contributed by atoms with van der Waals surface area (Å²) in [5.74, 6) is -1.69. The number of aryl methyl sites for hydroxylation is 1. The summed E-state index contributed by atoms with van der Waals surface area (Å²) in [5.41, 5.74) is 0.750. The molecule has 0 aromatic heterocycles. The van der Waals surface area contributed by atoms with E-state index in [4.69, 9.17) is 4.74 Å². The molecule has 2 aromatic carbocycles. The number of hydrogen-bond acceptors (Lipinski definition) is 6. The Labute approximate surface area is 224 Å². The van der Waals surface area contributed by atoms with Crippen LogP contribution in [0.2, 0.25) is 0 Å². The summed E-state index contributed by atoms with van der Waals surface area (Å²) in [6.07, 6.45) is -0.246. The zero-order valence-corrected chi connectivity index (χ0v) is 22.9. The molecule has 0 aliphatic carbocycles. The van der Waals surface area contributed by atoms with E-state index >= 15 is 0 Å². The average molecular weight is 523 g/mol. The summed E-state index contributed by atoms with van der Waals surface area (Å²) >= 11 is 0. The quantitative estimate of drug-likeness (QED) is 0.398. The SMILES string of the molecule is CCC(C)C(NC(=O)OC(C)(C)C)C(=O)N(CC#N)C(C(=O)NCc1ccccc1)c1cccc(C)c1O. The van der Waals surface area contributed by atoms with Crippen molar-refractivity contribution in [2.24, 2.45) is 5.92 Å². The van der Waals surface area contributed by atoms with Crippen LogP contribution >= 0.6 is 0 Å². The van der Waals surface area contributed by atoms with Gasteiger partial charge >= 0.3 is 6.09 Å². The number of para-hydroxylation sites is 1. The Morgan fingerprint density at radius 3 is 2.34 bits per heavy atom. The number of carbonyl (C=O) groups is 3. The number of rotatable bonds is 10. The lowest BCUT2D eigenvalue weighted by atomic mass is 9.95. The van der Waals surface area contributed by atoms with Crippen LogP contribution in [0.3, 0.4) is 0 Å². The van der Waals surface area contributed by atoms with Crippen molar-refractivity contribution in [3.8, 4) is 11.8 Å². The number of hydrogen-bond donors (Lipinski definition) is 3. The number of aromatic hydroxyl groups is 1. The van der Waals surface area contributed by atoms with Gasteiger partial charge in [0, 0.05) is 12.1 Å². The van der Waals surface area contributed by atoms with Crippen molar-refractivity contribution in [3.05, 3.63) is 65.2 Å². The predicted molar refractivity (Wildman–Crippen MR) is 144 cm³/mol. The molecule has 0 fully saturated rings. The second kappa shape index (κ2) is 13.5. The van der Waals surface area contributed by atoms with Crippen LogP contribution in [0, 0.1) is 24.2 Å². The first kappa shape index (κ1) is 30.2. The van der Waals surface area contributed by atoms with E-state index in [0.717, 1.165) is 10.5 Å². The molecule has 9 nitrogen and oxygen atoms in total. The average Bonchev–Trinajstić information content (AvgIpc) is 2.86. The van der Waals surface area contributed by atoms with E-state index in [1.807, 2.05) is 43.3 Å². The molecule has 2 aromatic rings. The third-order valence-corrected chi connectivity index (χ3v) is 6.11. The monoisotopic (exact) mass is 522 g/mol. The van der Waals surface area contributed by atoms with Crippen molar-refractivity contribution in [2.45, 2.75) is 72.2 Å². The van der Waals surface area contributed by atoms with Gasteiger partial charge in [-0.3, -0.25) is 9.59 Å². The molecule has 204 valence electrons. The first-order chi connectivity index (χ1) is 17.9. The van der Waals surface area contributed by atoms with E-state index in [-0.39, 0.29) is 23.8 Å². The maximum Gasteiger partial charge on any atom is 0.408 e. The lowest BCUT2D eigenvalue weighted by Crippen LogP contribution is -2.55. The highest BCUT2D eigenvalue weighted by atomic mass is 16.6. The Balaban J connectivity index is 2.51. The molecule has 3 unspecified atom stereocenters. The molecule has 0 bridgehead atoms. The number of alkyl carbamates (subject to hydrolysis) is 1. The topological polar surface area (TPSA) is 132 Å². The number of nitrogens with one attached hydrogen (secondary N) is 2. The Bertz CT molecular complexity index is 1150. The predicted octanol–water partition coefficient (Wildman–Crippen LogP) is 4.35. The van der Waals surface area contributed by atoms with Gasteiger partial charge in [-0.05, 0) is 44.7 Å². The Morgan fingerprint density at radius 1 is 1.11 bits per heavy atom. The minimum absolute atomic E-state index is 0.150. The minimum Gasteiger partial charge on any atom is -0.507 e. The van der Waals surface area contributed by atoms with Crippen LogP contribution in [0.5, 0.6) is 5.75 Å². The van der Waals surface area contributed by atoms with Gasteiger partial charge in [-0.2, -0.15) is 5.26 Å². The van der Waals surface area contributed by atoms with Gasteiger partial charge in [0.1, 0.15) is 30.0 Å². The molecular weight excluding hydrogens is 484 g/mol. The van der Waals surface area contributed by atoms with E-state index in [2.05, 4.69) is 10.6 Å².